The molecule has 1 atom stereocenters. The van der Waals surface area contributed by atoms with E-state index in [2.05, 4.69) is 31.4 Å². The first-order valence-electron chi connectivity index (χ1n) is 8.46. The smallest absolute Gasteiger partial charge is 0.223 e. The third-order valence-corrected chi connectivity index (χ3v) is 5.35. The summed E-state index contributed by atoms with van der Waals surface area (Å²) in [6.45, 7) is 7.61. The Bertz CT molecular complexity index is 420. The van der Waals surface area contributed by atoms with Crippen LogP contribution in [0.1, 0.15) is 59.3 Å². The minimum Gasteiger partial charge on any atom is -0.388 e. The summed E-state index contributed by atoms with van der Waals surface area (Å²) in [7, 11) is 0. The van der Waals surface area contributed by atoms with Crippen LogP contribution in [0.3, 0.4) is 0 Å². The first-order chi connectivity index (χ1) is 10.2. The highest BCUT2D eigenvalue weighted by atomic mass is 16.3. The van der Waals surface area contributed by atoms with Crippen LogP contribution in [0.2, 0.25) is 0 Å². The molecule has 5 heteroatoms. The monoisotopic (exact) mass is 310 g/mol. The van der Waals surface area contributed by atoms with Crippen molar-refractivity contribution in [2.75, 3.05) is 13.1 Å². The van der Waals surface area contributed by atoms with Crippen molar-refractivity contribution < 1.29 is 14.7 Å². The lowest BCUT2D eigenvalue weighted by Crippen LogP contribution is -2.49. The van der Waals surface area contributed by atoms with Crippen LogP contribution < -0.4 is 10.6 Å². The summed E-state index contributed by atoms with van der Waals surface area (Å²) >= 11 is 0. The molecule has 2 fully saturated rings. The fraction of sp³-hybridized carbons (Fsp3) is 0.882. The Kier molecular flexibility index (Phi) is 5.15. The van der Waals surface area contributed by atoms with Gasteiger partial charge in [-0.15, -0.1) is 0 Å². The molecular formula is C17H30N2O3. The summed E-state index contributed by atoms with van der Waals surface area (Å²) in [6.07, 6.45) is 4.42. The number of hydrogen-bond donors (Lipinski definition) is 3. The van der Waals surface area contributed by atoms with E-state index in [-0.39, 0.29) is 29.6 Å². The summed E-state index contributed by atoms with van der Waals surface area (Å²) in [5, 5.41) is 16.3. The van der Waals surface area contributed by atoms with Crippen molar-refractivity contribution in [3.8, 4) is 0 Å². The van der Waals surface area contributed by atoms with Crippen molar-refractivity contribution in [1.29, 1.82) is 0 Å². The number of carbonyl (C=O) groups excluding carboxylic acids is 2. The van der Waals surface area contributed by atoms with E-state index in [9.17, 15) is 14.7 Å². The lowest BCUT2D eigenvalue weighted by molar-refractivity contribution is -0.133. The third-order valence-electron chi connectivity index (χ3n) is 5.35. The summed E-state index contributed by atoms with van der Waals surface area (Å²) < 4.78 is 0. The quantitative estimate of drug-likeness (QED) is 0.741. The molecule has 126 valence electrons. The van der Waals surface area contributed by atoms with E-state index in [0.29, 0.717) is 25.4 Å². The van der Waals surface area contributed by atoms with Gasteiger partial charge in [-0.2, -0.15) is 0 Å². The van der Waals surface area contributed by atoms with Gasteiger partial charge in [-0.05, 0) is 43.4 Å². The molecule has 0 spiro atoms. The number of rotatable bonds is 3. The molecule has 0 aromatic carbocycles. The van der Waals surface area contributed by atoms with Crippen molar-refractivity contribution in [1.82, 2.24) is 10.6 Å². The predicted molar refractivity (Wildman–Crippen MR) is 85.1 cm³/mol. The molecular weight excluding hydrogens is 280 g/mol. The second-order valence-corrected chi connectivity index (χ2v) is 8.12. The molecule has 0 bridgehead atoms. The lowest BCUT2D eigenvalue weighted by Gasteiger charge is -2.41. The van der Waals surface area contributed by atoms with Gasteiger partial charge in [0.15, 0.2) is 0 Å². The zero-order valence-electron chi connectivity index (χ0n) is 14.1. The Hall–Kier alpha value is -1.10. The summed E-state index contributed by atoms with van der Waals surface area (Å²) in [5.41, 5.74) is -0.506. The number of piperidine rings is 1. The van der Waals surface area contributed by atoms with Crippen molar-refractivity contribution in [3.63, 3.8) is 0 Å². The SMILES string of the molecule is CC(C)(C)C1CCC(O)(CNC(=O)C2CCNC(=O)C2)CC1. The average Bonchev–Trinajstić information content (AvgIpc) is 2.44. The van der Waals surface area contributed by atoms with E-state index in [4.69, 9.17) is 0 Å². The van der Waals surface area contributed by atoms with Gasteiger partial charge in [-0.1, -0.05) is 20.8 Å². The van der Waals surface area contributed by atoms with Crippen molar-refractivity contribution in [3.05, 3.63) is 0 Å². The van der Waals surface area contributed by atoms with E-state index in [1.165, 1.54) is 0 Å². The first kappa shape index (κ1) is 17.3. The highest BCUT2D eigenvalue weighted by molar-refractivity contribution is 5.86. The van der Waals surface area contributed by atoms with Gasteiger partial charge in [0.1, 0.15) is 0 Å². The van der Waals surface area contributed by atoms with Gasteiger partial charge in [-0.25, -0.2) is 0 Å². The zero-order chi connectivity index (χ0) is 16.4. The highest BCUT2D eigenvalue weighted by Crippen LogP contribution is 2.41. The maximum absolute atomic E-state index is 12.1. The summed E-state index contributed by atoms with van der Waals surface area (Å²) in [6, 6.07) is 0. The molecule has 1 saturated heterocycles. The van der Waals surface area contributed by atoms with E-state index in [1.807, 2.05) is 0 Å². The zero-order valence-corrected chi connectivity index (χ0v) is 14.1. The van der Waals surface area contributed by atoms with Gasteiger partial charge in [-0.3, -0.25) is 9.59 Å². The fourth-order valence-electron chi connectivity index (χ4n) is 3.60. The molecule has 22 heavy (non-hydrogen) atoms. The summed E-state index contributed by atoms with van der Waals surface area (Å²) in [4.78, 5) is 23.5. The van der Waals surface area contributed by atoms with Gasteiger partial charge in [0.25, 0.3) is 0 Å². The van der Waals surface area contributed by atoms with Crippen LogP contribution in [0.25, 0.3) is 0 Å². The van der Waals surface area contributed by atoms with Crippen LogP contribution >= 0.6 is 0 Å². The number of aliphatic hydroxyl groups is 1. The van der Waals surface area contributed by atoms with Gasteiger partial charge in [0, 0.05) is 25.4 Å². The fourth-order valence-corrected chi connectivity index (χ4v) is 3.60. The van der Waals surface area contributed by atoms with Crippen molar-refractivity contribution in [2.24, 2.45) is 17.3 Å². The Morgan fingerprint density at radius 1 is 1.32 bits per heavy atom. The lowest BCUT2D eigenvalue weighted by atomic mass is 9.68. The molecule has 2 aliphatic rings. The Labute approximate surface area is 133 Å². The molecule has 1 aliphatic heterocycles. The minimum atomic E-state index is -0.783. The molecule has 1 unspecified atom stereocenters. The van der Waals surface area contributed by atoms with E-state index >= 15 is 0 Å². The predicted octanol–water partition coefficient (Wildman–Crippen LogP) is 1.60. The van der Waals surface area contributed by atoms with Gasteiger partial charge in [0.05, 0.1) is 5.60 Å². The van der Waals surface area contributed by atoms with E-state index in [0.717, 1.165) is 25.7 Å². The topological polar surface area (TPSA) is 78.4 Å². The van der Waals surface area contributed by atoms with E-state index < -0.39 is 5.60 Å². The van der Waals surface area contributed by atoms with E-state index in [1.54, 1.807) is 0 Å². The number of hydrogen-bond acceptors (Lipinski definition) is 3. The standard InChI is InChI=1S/C17H30N2O3/c1-16(2,3)13-4-7-17(22,8-5-13)11-19-15(21)12-6-9-18-14(20)10-12/h12-13,22H,4-11H2,1-3H3,(H,18,20)(H,19,21). The Morgan fingerprint density at radius 3 is 2.50 bits per heavy atom. The summed E-state index contributed by atoms with van der Waals surface area (Å²) in [5.74, 6) is 0.228. The second kappa shape index (κ2) is 6.57. The molecule has 1 aliphatic carbocycles. The number of nitrogens with one attached hydrogen (secondary N) is 2. The minimum absolute atomic E-state index is 0.0594. The largest absolute Gasteiger partial charge is 0.388 e. The van der Waals surface area contributed by atoms with Gasteiger partial charge < -0.3 is 15.7 Å². The van der Waals surface area contributed by atoms with Crippen LogP contribution in [0.4, 0.5) is 0 Å². The van der Waals surface area contributed by atoms with Crippen LogP contribution in [0.5, 0.6) is 0 Å². The average molecular weight is 310 g/mol. The maximum Gasteiger partial charge on any atom is 0.223 e. The van der Waals surface area contributed by atoms with Crippen LogP contribution in [-0.2, 0) is 9.59 Å². The van der Waals surface area contributed by atoms with Crippen LogP contribution in [-0.4, -0.2) is 35.6 Å². The third kappa shape index (κ3) is 4.45. The molecule has 0 aromatic heterocycles. The molecule has 0 aromatic rings. The first-order valence-corrected chi connectivity index (χ1v) is 8.46. The van der Waals surface area contributed by atoms with Crippen molar-refractivity contribution >= 4 is 11.8 Å². The number of amides is 2. The Morgan fingerprint density at radius 2 is 1.95 bits per heavy atom. The van der Waals surface area contributed by atoms with Gasteiger partial charge in [0.2, 0.25) is 11.8 Å². The van der Waals surface area contributed by atoms with Crippen LogP contribution in [0.15, 0.2) is 0 Å². The highest BCUT2D eigenvalue weighted by Gasteiger charge is 2.38. The van der Waals surface area contributed by atoms with Crippen molar-refractivity contribution in [2.45, 2.75) is 64.9 Å². The Balaban J connectivity index is 1.79. The maximum atomic E-state index is 12.1. The molecule has 1 saturated carbocycles. The molecule has 2 amide bonds. The molecule has 5 nitrogen and oxygen atoms in total. The normalized spacial score (nSPS) is 33.2. The molecule has 0 radical (unpaired) electrons. The molecule has 3 N–H and O–H groups in total. The second-order valence-electron chi connectivity index (χ2n) is 8.12. The van der Waals surface area contributed by atoms with Gasteiger partial charge >= 0.3 is 0 Å². The van der Waals surface area contributed by atoms with Crippen LogP contribution in [0, 0.1) is 17.3 Å². The molecule has 2 rings (SSSR count). The number of carbonyl (C=O) groups is 2. The molecule has 1 heterocycles.